The highest BCUT2D eigenvalue weighted by atomic mass is 16.5. The lowest BCUT2D eigenvalue weighted by Crippen LogP contribution is -2.38. The van der Waals surface area contributed by atoms with Gasteiger partial charge in [0.1, 0.15) is 0 Å². The summed E-state index contributed by atoms with van der Waals surface area (Å²) in [7, 11) is 3.90. The molecule has 0 bridgehead atoms. The number of carboxylic acid groups (broad SMARTS) is 1. The Balaban J connectivity index is 3.06. The van der Waals surface area contributed by atoms with Crippen LogP contribution in [-0.2, 0) is 14.1 Å². The van der Waals surface area contributed by atoms with Crippen molar-refractivity contribution in [2.75, 3.05) is 7.11 Å². The van der Waals surface area contributed by atoms with Gasteiger partial charge < -0.3 is 9.84 Å². The number of aryl methyl sites for hydroxylation is 1. The van der Waals surface area contributed by atoms with Crippen LogP contribution < -0.4 is 16.0 Å². The van der Waals surface area contributed by atoms with Crippen LogP contribution in [0.5, 0.6) is 5.88 Å². The summed E-state index contributed by atoms with van der Waals surface area (Å²) >= 11 is 0. The Kier molecular flexibility index (Phi) is 2.81. The van der Waals surface area contributed by atoms with Crippen molar-refractivity contribution in [2.24, 2.45) is 14.1 Å². The quantitative estimate of drug-likeness (QED) is 0.720. The standard InChI is InChI=1S/C10H10N4O5/c1-13-6-4(8(15)14(2)10(13)18)11-5(9(16)17)7(12-6)19-3/h1-3H3,(H,16,17). The number of hydrogen-bond acceptors (Lipinski definition) is 6. The molecule has 0 aromatic carbocycles. The fourth-order valence-electron chi connectivity index (χ4n) is 1.63. The predicted molar refractivity (Wildman–Crippen MR) is 63.5 cm³/mol. The number of rotatable bonds is 2. The molecule has 0 saturated carbocycles. The predicted octanol–water partition coefficient (Wildman–Crippen LogP) is -1.27. The molecular formula is C10H10N4O5. The molecule has 2 aromatic heterocycles. The van der Waals surface area contributed by atoms with Gasteiger partial charge in [-0.2, -0.15) is 4.98 Å². The Morgan fingerprint density at radius 1 is 1.21 bits per heavy atom. The Morgan fingerprint density at radius 2 is 1.84 bits per heavy atom. The number of methoxy groups -OCH3 is 1. The van der Waals surface area contributed by atoms with Gasteiger partial charge >= 0.3 is 11.7 Å². The van der Waals surface area contributed by atoms with E-state index >= 15 is 0 Å². The molecule has 0 unspecified atom stereocenters. The second-order valence-electron chi connectivity index (χ2n) is 3.76. The summed E-state index contributed by atoms with van der Waals surface area (Å²) in [6.07, 6.45) is 0. The third kappa shape index (κ3) is 1.75. The number of carbonyl (C=O) groups is 1. The van der Waals surface area contributed by atoms with Gasteiger partial charge in [0.2, 0.25) is 11.6 Å². The van der Waals surface area contributed by atoms with Gasteiger partial charge in [-0.05, 0) is 0 Å². The van der Waals surface area contributed by atoms with Crippen molar-refractivity contribution < 1.29 is 14.6 Å². The van der Waals surface area contributed by atoms with E-state index in [1.54, 1.807) is 0 Å². The lowest BCUT2D eigenvalue weighted by molar-refractivity contribution is 0.0686. The topological polar surface area (TPSA) is 116 Å². The first-order valence-corrected chi connectivity index (χ1v) is 5.13. The van der Waals surface area contributed by atoms with Crippen LogP contribution >= 0.6 is 0 Å². The molecule has 2 heterocycles. The first-order valence-electron chi connectivity index (χ1n) is 5.13. The minimum atomic E-state index is -1.37. The zero-order valence-electron chi connectivity index (χ0n) is 10.4. The molecule has 0 aliphatic carbocycles. The number of hydrogen-bond donors (Lipinski definition) is 1. The van der Waals surface area contributed by atoms with Crippen LogP contribution in [0.2, 0.25) is 0 Å². The molecule has 0 radical (unpaired) electrons. The molecule has 0 aliphatic rings. The fourth-order valence-corrected chi connectivity index (χ4v) is 1.63. The average Bonchev–Trinajstić information content (AvgIpc) is 2.41. The van der Waals surface area contributed by atoms with E-state index in [-0.39, 0.29) is 17.0 Å². The summed E-state index contributed by atoms with van der Waals surface area (Å²) in [6.45, 7) is 0. The highest BCUT2D eigenvalue weighted by Gasteiger charge is 2.20. The number of ether oxygens (including phenoxy) is 1. The number of carboxylic acids is 1. The Bertz CT molecular complexity index is 804. The second kappa shape index (κ2) is 4.19. The molecule has 2 rings (SSSR count). The Morgan fingerprint density at radius 3 is 2.37 bits per heavy atom. The third-order valence-electron chi connectivity index (χ3n) is 2.64. The molecule has 0 aliphatic heterocycles. The minimum Gasteiger partial charge on any atom is -0.479 e. The maximum atomic E-state index is 11.9. The molecule has 0 fully saturated rings. The van der Waals surface area contributed by atoms with Gasteiger partial charge in [-0.1, -0.05) is 0 Å². The van der Waals surface area contributed by atoms with E-state index in [1.807, 2.05) is 0 Å². The van der Waals surface area contributed by atoms with Crippen LogP contribution in [-0.4, -0.2) is 37.3 Å². The van der Waals surface area contributed by atoms with E-state index in [0.29, 0.717) is 0 Å². The van der Waals surface area contributed by atoms with E-state index < -0.39 is 22.9 Å². The monoisotopic (exact) mass is 266 g/mol. The van der Waals surface area contributed by atoms with Gasteiger partial charge in [-0.3, -0.25) is 13.9 Å². The van der Waals surface area contributed by atoms with Crippen molar-refractivity contribution in [3.63, 3.8) is 0 Å². The summed E-state index contributed by atoms with van der Waals surface area (Å²) in [5.74, 6) is -1.63. The SMILES string of the molecule is COc1nc2c(nc1C(=O)O)c(=O)n(C)c(=O)n2C. The molecule has 0 spiro atoms. The van der Waals surface area contributed by atoms with E-state index in [2.05, 4.69) is 9.97 Å². The van der Waals surface area contributed by atoms with Crippen molar-refractivity contribution in [3.05, 3.63) is 26.5 Å². The summed E-state index contributed by atoms with van der Waals surface area (Å²) in [6, 6.07) is 0. The first-order chi connectivity index (χ1) is 8.88. The highest BCUT2D eigenvalue weighted by Crippen LogP contribution is 2.15. The van der Waals surface area contributed by atoms with Gasteiger partial charge in [0.15, 0.2) is 11.2 Å². The van der Waals surface area contributed by atoms with Crippen molar-refractivity contribution in [3.8, 4) is 5.88 Å². The number of aromatic carboxylic acids is 1. The minimum absolute atomic E-state index is 0.0325. The third-order valence-corrected chi connectivity index (χ3v) is 2.64. The number of nitrogens with zero attached hydrogens (tertiary/aromatic N) is 4. The maximum absolute atomic E-state index is 11.9. The smallest absolute Gasteiger partial charge is 0.360 e. The van der Waals surface area contributed by atoms with Crippen LogP contribution in [0.1, 0.15) is 10.5 Å². The van der Waals surface area contributed by atoms with Gasteiger partial charge in [0.05, 0.1) is 7.11 Å². The van der Waals surface area contributed by atoms with Crippen molar-refractivity contribution in [1.29, 1.82) is 0 Å². The fraction of sp³-hybridized carbons (Fsp3) is 0.300. The van der Waals surface area contributed by atoms with Gasteiger partial charge in [-0.15, -0.1) is 0 Å². The van der Waals surface area contributed by atoms with Crippen molar-refractivity contribution >= 4 is 17.1 Å². The zero-order valence-corrected chi connectivity index (χ0v) is 10.4. The molecule has 0 amide bonds. The molecule has 9 heteroatoms. The maximum Gasteiger partial charge on any atom is 0.360 e. The Labute approximate surface area is 105 Å². The molecule has 9 nitrogen and oxygen atoms in total. The summed E-state index contributed by atoms with van der Waals surface area (Å²) in [4.78, 5) is 42.2. The summed E-state index contributed by atoms with van der Waals surface area (Å²) in [5, 5.41) is 8.98. The molecule has 100 valence electrons. The van der Waals surface area contributed by atoms with E-state index in [0.717, 1.165) is 9.13 Å². The lowest BCUT2D eigenvalue weighted by atomic mass is 10.4. The summed E-state index contributed by atoms with van der Waals surface area (Å²) in [5.41, 5.74) is -2.02. The molecule has 1 N–H and O–H groups in total. The molecular weight excluding hydrogens is 256 g/mol. The van der Waals surface area contributed by atoms with Crippen molar-refractivity contribution in [1.82, 2.24) is 19.1 Å². The number of aromatic nitrogens is 4. The highest BCUT2D eigenvalue weighted by molar-refractivity contribution is 5.90. The number of fused-ring (bicyclic) bond motifs is 1. The van der Waals surface area contributed by atoms with Gasteiger partial charge in [-0.25, -0.2) is 14.6 Å². The molecule has 0 atom stereocenters. The second-order valence-corrected chi connectivity index (χ2v) is 3.76. The molecule has 19 heavy (non-hydrogen) atoms. The van der Waals surface area contributed by atoms with Gasteiger partial charge in [0.25, 0.3) is 5.56 Å². The zero-order chi connectivity index (χ0) is 14.3. The molecule has 0 saturated heterocycles. The van der Waals surface area contributed by atoms with E-state index in [1.165, 1.54) is 21.2 Å². The van der Waals surface area contributed by atoms with Crippen LogP contribution in [0.3, 0.4) is 0 Å². The normalized spacial score (nSPS) is 10.7. The van der Waals surface area contributed by atoms with E-state index in [9.17, 15) is 14.4 Å². The van der Waals surface area contributed by atoms with Gasteiger partial charge in [0, 0.05) is 14.1 Å². The van der Waals surface area contributed by atoms with Crippen LogP contribution in [0.15, 0.2) is 9.59 Å². The average molecular weight is 266 g/mol. The van der Waals surface area contributed by atoms with E-state index in [4.69, 9.17) is 9.84 Å². The van der Waals surface area contributed by atoms with Crippen LogP contribution in [0.25, 0.3) is 11.2 Å². The Hall–Kier alpha value is -2.71. The largest absolute Gasteiger partial charge is 0.479 e. The van der Waals surface area contributed by atoms with Crippen LogP contribution in [0, 0.1) is 0 Å². The molecule has 2 aromatic rings. The first kappa shape index (κ1) is 12.7. The lowest BCUT2D eigenvalue weighted by Gasteiger charge is -2.08. The van der Waals surface area contributed by atoms with Crippen LogP contribution in [0.4, 0.5) is 0 Å². The van der Waals surface area contributed by atoms with Crippen molar-refractivity contribution in [2.45, 2.75) is 0 Å². The summed E-state index contributed by atoms with van der Waals surface area (Å²) < 4.78 is 6.72.